The standard InChI is InChI=1S/C15H18N2S/c1-11-4-9-15(12(2)17-11)16-10-13-5-7-14(18-3)8-6-13/h4-9,16H,10H2,1-3H3. The van der Waals surface area contributed by atoms with Crippen molar-refractivity contribution in [2.24, 2.45) is 0 Å². The van der Waals surface area contributed by atoms with Gasteiger partial charge in [0.05, 0.1) is 11.4 Å². The Balaban J connectivity index is 2.02. The van der Waals surface area contributed by atoms with E-state index < -0.39 is 0 Å². The van der Waals surface area contributed by atoms with Gasteiger partial charge in [-0.25, -0.2) is 0 Å². The highest BCUT2D eigenvalue weighted by atomic mass is 32.2. The minimum Gasteiger partial charge on any atom is -0.380 e. The first-order valence-corrected chi connectivity index (χ1v) is 7.22. The minimum atomic E-state index is 0.834. The van der Waals surface area contributed by atoms with E-state index in [2.05, 4.69) is 46.9 Å². The van der Waals surface area contributed by atoms with E-state index in [1.54, 1.807) is 11.8 Å². The van der Waals surface area contributed by atoms with Gasteiger partial charge in [0.2, 0.25) is 0 Å². The summed E-state index contributed by atoms with van der Waals surface area (Å²) in [6.07, 6.45) is 2.09. The summed E-state index contributed by atoms with van der Waals surface area (Å²) < 4.78 is 0. The summed E-state index contributed by atoms with van der Waals surface area (Å²) in [5.74, 6) is 0. The van der Waals surface area contributed by atoms with Crippen molar-refractivity contribution in [3.63, 3.8) is 0 Å². The zero-order valence-electron chi connectivity index (χ0n) is 11.0. The van der Waals surface area contributed by atoms with Crippen LogP contribution in [0.15, 0.2) is 41.3 Å². The Bertz CT molecular complexity index is 521. The molecule has 0 bridgehead atoms. The lowest BCUT2D eigenvalue weighted by atomic mass is 10.2. The molecule has 3 heteroatoms. The monoisotopic (exact) mass is 258 g/mol. The number of nitrogens with zero attached hydrogens (tertiary/aromatic N) is 1. The number of pyridine rings is 1. The number of aromatic nitrogens is 1. The number of hydrogen-bond acceptors (Lipinski definition) is 3. The van der Waals surface area contributed by atoms with Gasteiger partial charge < -0.3 is 5.32 Å². The average Bonchev–Trinajstić information content (AvgIpc) is 2.38. The van der Waals surface area contributed by atoms with Crippen molar-refractivity contribution in [3.8, 4) is 0 Å². The van der Waals surface area contributed by atoms with E-state index in [1.807, 2.05) is 19.9 Å². The van der Waals surface area contributed by atoms with Crippen LogP contribution in [0.2, 0.25) is 0 Å². The average molecular weight is 258 g/mol. The van der Waals surface area contributed by atoms with E-state index in [4.69, 9.17) is 0 Å². The van der Waals surface area contributed by atoms with Gasteiger partial charge in [0.15, 0.2) is 0 Å². The van der Waals surface area contributed by atoms with Gasteiger partial charge in [0.25, 0.3) is 0 Å². The molecular formula is C15H18N2S. The van der Waals surface area contributed by atoms with Gasteiger partial charge in [-0.1, -0.05) is 12.1 Å². The molecule has 18 heavy (non-hydrogen) atoms. The van der Waals surface area contributed by atoms with Crippen LogP contribution in [-0.2, 0) is 6.54 Å². The Kier molecular flexibility index (Phi) is 4.26. The van der Waals surface area contributed by atoms with Crippen molar-refractivity contribution in [2.75, 3.05) is 11.6 Å². The van der Waals surface area contributed by atoms with Crippen molar-refractivity contribution < 1.29 is 0 Å². The summed E-state index contributed by atoms with van der Waals surface area (Å²) in [4.78, 5) is 5.75. The molecule has 0 atom stereocenters. The smallest absolute Gasteiger partial charge is 0.0606 e. The van der Waals surface area contributed by atoms with E-state index in [9.17, 15) is 0 Å². The van der Waals surface area contributed by atoms with E-state index in [0.29, 0.717) is 0 Å². The lowest BCUT2D eigenvalue weighted by Crippen LogP contribution is -2.02. The summed E-state index contributed by atoms with van der Waals surface area (Å²) in [6.45, 7) is 4.88. The number of aryl methyl sites for hydroxylation is 2. The van der Waals surface area contributed by atoms with Crippen LogP contribution in [0.3, 0.4) is 0 Å². The van der Waals surface area contributed by atoms with Gasteiger partial charge in [-0.2, -0.15) is 0 Å². The summed E-state index contributed by atoms with van der Waals surface area (Å²) >= 11 is 1.77. The van der Waals surface area contributed by atoms with Crippen molar-refractivity contribution in [1.29, 1.82) is 0 Å². The molecule has 2 aromatic rings. The Hall–Kier alpha value is -1.48. The molecule has 0 unspecified atom stereocenters. The summed E-state index contributed by atoms with van der Waals surface area (Å²) in [5.41, 5.74) is 4.50. The molecule has 0 saturated carbocycles. The summed E-state index contributed by atoms with van der Waals surface area (Å²) in [6, 6.07) is 12.8. The van der Waals surface area contributed by atoms with Crippen LogP contribution in [0.1, 0.15) is 17.0 Å². The lowest BCUT2D eigenvalue weighted by molar-refractivity contribution is 1.08. The molecule has 0 saturated heterocycles. The van der Waals surface area contributed by atoms with Gasteiger partial charge in [0.1, 0.15) is 0 Å². The highest BCUT2D eigenvalue weighted by molar-refractivity contribution is 7.98. The number of thioether (sulfide) groups is 1. The molecule has 2 nitrogen and oxygen atoms in total. The zero-order chi connectivity index (χ0) is 13.0. The van der Waals surface area contributed by atoms with E-state index in [1.165, 1.54) is 10.5 Å². The fourth-order valence-electron chi connectivity index (χ4n) is 1.81. The first-order chi connectivity index (χ1) is 8.69. The molecule has 94 valence electrons. The highest BCUT2D eigenvalue weighted by Crippen LogP contribution is 2.17. The van der Waals surface area contributed by atoms with Gasteiger partial charge in [-0.15, -0.1) is 11.8 Å². The highest BCUT2D eigenvalue weighted by Gasteiger charge is 2.00. The first-order valence-electron chi connectivity index (χ1n) is 6.00. The molecule has 1 N–H and O–H groups in total. The Morgan fingerprint density at radius 3 is 2.39 bits per heavy atom. The number of nitrogens with one attached hydrogen (secondary N) is 1. The Morgan fingerprint density at radius 2 is 1.78 bits per heavy atom. The predicted molar refractivity (Wildman–Crippen MR) is 79.3 cm³/mol. The van der Waals surface area contributed by atoms with Crippen LogP contribution < -0.4 is 5.32 Å². The van der Waals surface area contributed by atoms with Crippen LogP contribution in [0.5, 0.6) is 0 Å². The zero-order valence-corrected chi connectivity index (χ0v) is 11.8. The number of benzene rings is 1. The second kappa shape index (κ2) is 5.91. The Labute approximate surface area is 113 Å². The molecular weight excluding hydrogens is 240 g/mol. The number of rotatable bonds is 4. The molecule has 2 rings (SSSR count). The van der Waals surface area contributed by atoms with Gasteiger partial charge in [0, 0.05) is 17.1 Å². The maximum absolute atomic E-state index is 4.45. The SMILES string of the molecule is CSc1ccc(CNc2ccc(C)nc2C)cc1. The molecule has 0 fully saturated rings. The predicted octanol–water partition coefficient (Wildman–Crippen LogP) is 4.03. The van der Waals surface area contributed by atoms with Crippen LogP contribution in [0.4, 0.5) is 5.69 Å². The van der Waals surface area contributed by atoms with Crippen LogP contribution in [-0.4, -0.2) is 11.2 Å². The van der Waals surface area contributed by atoms with Gasteiger partial charge >= 0.3 is 0 Å². The molecule has 0 aliphatic carbocycles. The quantitative estimate of drug-likeness (QED) is 0.838. The fourth-order valence-corrected chi connectivity index (χ4v) is 2.22. The maximum Gasteiger partial charge on any atom is 0.0606 e. The van der Waals surface area contributed by atoms with Crippen molar-refractivity contribution in [1.82, 2.24) is 4.98 Å². The van der Waals surface area contributed by atoms with Crippen molar-refractivity contribution in [3.05, 3.63) is 53.3 Å². The van der Waals surface area contributed by atoms with Crippen molar-refractivity contribution in [2.45, 2.75) is 25.3 Å². The molecule has 0 aliphatic heterocycles. The second-order valence-electron chi connectivity index (χ2n) is 4.29. The van der Waals surface area contributed by atoms with E-state index >= 15 is 0 Å². The third kappa shape index (κ3) is 3.26. The second-order valence-corrected chi connectivity index (χ2v) is 5.17. The van der Waals surface area contributed by atoms with Gasteiger partial charge in [-0.3, -0.25) is 4.98 Å². The van der Waals surface area contributed by atoms with Crippen molar-refractivity contribution >= 4 is 17.4 Å². The largest absolute Gasteiger partial charge is 0.380 e. The molecule has 0 spiro atoms. The lowest BCUT2D eigenvalue weighted by Gasteiger charge is -2.09. The molecule has 1 heterocycles. The fraction of sp³-hybridized carbons (Fsp3) is 0.267. The topological polar surface area (TPSA) is 24.9 Å². The number of anilines is 1. The van der Waals surface area contributed by atoms with Crippen LogP contribution in [0.25, 0.3) is 0 Å². The molecule has 1 aromatic carbocycles. The third-order valence-corrected chi connectivity index (χ3v) is 3.61. The normalized spacial score (nSPS) is 10.4. The maximum atomic E-state index is 4.45. The summed E-state index contributed by atoms with van der Waals surface area (Å²) in [7, 11) is 0. The Morgan fingerprint density at radius 1 is 1.06 bits per heavy atom. The minimum absolute atomic E-state index is 0.834. The molecule has 0 radical (unpaired) electrons. The molecule has 0 amide bonds. The number of hydrogen-bond donors (Lipinski definition) is 1. The van der Waals surface area contributed by atoms with Crippen LogP contribution >= 0.6 is 11.8 Å². The van der Waals surface area contributed by atoms with E-state index in [0.717, 1.165) is 23.6 Å². The molecule has 0 aliphatic rings. The summed E-state index contributed by atoms with van der Waals surface area (Å²) in [5, 5.41) is 3.42. The van der Waals surface area contributed by atoms with Crippen LogP contribution in [0, 0.1) is 13.8 Å². The first kappa shape index (κ1) is 13.0. The van der Waals surface area contributed by atoms with Gasteiger partial charge in [-0.05, 0) is 49.9 Å². The van der Waals surface area contributed by atoms with E-state index in [-0.39, 0.29) is 0 Å². The molecule has 1 aromatic heterocycles. The third-order valence-electron chi connectivity index (χ3n) is 2.87.